The number of halogens is 1. The summed E-state index contributed by atoms with van der Waals surface area (Å²) in [6, 6.07) is 7.78. The molecule has 2 heterocycles. The molecule has 0 radical (unpaired) electrons. The highest BCUT2D eigenvalue weighted by atomic mass is 35.5. The summed E-state index contributed by atoms with van der Waals surface area (Å²) in [5.41, 5.74) is 0.824. The van der Waals surface area contributed by atoms with Gasteiger partial charge in [-0.05, 0) is 43.6 Å². The fourth-order valence-electron chi connectivity index (χ4n) is 2.37. The minimum absolute atomic E-state index is 0.213. The van der Waals surface area contributed by atoms with E-state index >= 15 is 0 Å². The van der Waals surface area contributed by atoms with E-state index in [-0.39, 0.29) is 11.4 Å². The van der Waals surface area contributed by atoms with Gasteiger partial charge in [0.25, 0.3) is 0 Å². The van der Waals surface area contributed by atoms with Gasteiger partial charge in [-0.3, -0.25) is 0 Å². The first-order valence-corrected chi connectivity index (χ1v) is 6.87. The van der Waals surface area contributed by atoms with Crippen molar-refractivity contribution in [3.63, 3.8) is 0 Å². The largest absolute Gasteiger partial charge is 0.474 e. The monoisotopic (exact) mass is 277 g/mol. The van der Waals surface area contributed by atoms with Gasteiger partial charge in [-0.1, -0.05) is 12.1 Å². The Labute approximate surface area is 117 Å². The van der Waals surface area contributed by atoms with Crippen molar-refractivity contribution in [1.82, 2.24) is 14.9 Å². The number of benzene rings is 1. The quantitative estimate of drug-likeness (QED) is 0.791. The molecule has 2 aromatic rings. The summed E-state index contributed by atoms with van der Waals surface area (Å²) >= 11 is 5.95. The average molecular weight is 278 g/mol. The number of hydrogen-bond acceptors (Lipinski definition) is 4. The van der Waals surface area contributed by atoms with Crippen LogP contribution in [0.5, 0.6) is 5.88 Å². The van der Waals surface area contributed by atoms with Crippen molar-refractivity contribution in [2.75, 3.05) is 20.1 Å². The predicted octanol–water partition coefficient (Wildman–Crippen LogP) is 2.76. The van der Waals surface area contributed by atoms with Gasteiger partial charge in [-0.25, -0.2) is 4.98 Å². The van der Waals surface area contributed by atoms with E-state index in [2.05, 4.69) is 21.9 Å². The lowest BCUT2D eigenvalue weighted by molar-refractivity contribution is 0.111. The van der Waals surface area contributed by atoms with Crippen LogP contribution in [0.3, 0.4) is 0 Å². The van der Waals surface area contributed by atoms with E-state index in [4.69, 9.17) is 16.3 Å². The summed E-state index contributed by atoms with van der Waals surface area (Å²) in [7, 11) is 2.13. The number of hydrogen-bond donors (Lipinski definition) is 0. The van der Waals surface area contributed by atoms with E-state index in [0.717, 1.165) is 36.8 Å². The lowest BCUT2D eigenvalue weighted by Gasteiger charge is -2.29. The molecule has 1 aromatic carbocycles. The van der Waals surface area contributed by atoms with Crippen LogP contribution in [-0.2, 0) is 0 Å². The van der Waals surface area contributed by atoms with Crippen molar-refractivity contribution in [1.29, 1.82) is 0 Å². The molecule has 1 aromatic heterocycles. The number of nitrogens with zero attached hydrogens (tertiary/aromatic N) is 3. The summed E-state index contributed by atoms with van der Waals surface area (Å²) in [4.78, 5) is 10.8. The van der Waals surface area contributed by atoms with Crippen LogP contribution >= 0.6 is 11.6 Å². The zero-order chi connectivity index (χ0) is 13.2. The van der Waals surface area contributed by atoms with Crippen molar-refractivity contribution in [2.24, 2.45) is 0 Å². The zero-order valence-electron chi connectivity index (χ0n) is 10.8. The van der Waals surface area contributed by atoms with Gasteiger partial charge in [0.15, 0.2) is 0 Å². The van der Waals surface area contributed by atoms with Crippen molar-refractivity contribution >= 4 is 22.5 Å². The van der Waals surface area contributed by atoms with Crippen molar-refractivity contribution in [3.8, 4) is 5.88 Å². The molecule has 5 heteroatoms. The smallest absolute Gasteiger partial charge is 0.226 e. The predicted molar refractivity (Wildman–Crippen MR) is 75.7 cm³/mol. The Morgan fingerprint density at radius 2 is 1.95 bits per heavy atom. The van der Waals surface area contributed by atoms with Crippen LogP contribution in [0.2, 0.25) is 5.28 Å². The first kappa shape index (κ1) is 12.6. The van der Waals surface area contributed by atoms with Gasteiger partial charge in [-0.15, -0.1) is 0 Å². The highest BCUT2D eigenvalue weighted by molar-refractivity contribution is 6.28. The third kappa shape index (κ3) is 2.80. The summed E-state index contributed by atoms with van der Waals surface area (Å²) in [5.74, 6) is 0.602. The van der Waals surface area contributed by atoms with Crippen LogP contribution in [0, 0.1) is 0 Å². The van der Waals surface area contributed by atoms with E-state index in [9.17, 15) is 0 Å². The van der Waals surface area contributed by atoms with E-state index in [0.29, 0.717) is 5.88 Å². The molecule has 1 saturated heterocycles. The molecule has 1 fully saturated rings. The average Bonchev–Trinajstić information content (AvgIpc) is 2.41. The normalized spacial score (nSPS) is 17.8. The molecule has 3 rings (SSSR count). The zero-order valence-corrected chi connectivity index (χ0v) is 11.6. The van der Waals surface area contributed by atoms with Crippen molar-refractivity contribution < 1.29 is 4.74 Å². The molecule has 0 unspecified atom stereocenters. The second-order valence-electron chi connectivity index (χ2n) is 4.94. The fraction of sp³-hybridized carbons (Fsp3) is 0.429. The third-order valence-electron chi connectivity index (χ3n) is 3.48. The summed E-state index contributed by atoms with van der Waals surface area (Å²) in [5, 5.41) is 1.16. The van der Waals surface area contributed by atoms with Crippen LogP contribution in [-0.4, -0.2) is 41.1 Å². The molecule has 0 aliphatic carbocycles. The van der Waals surface area contributed by atoms with Gasteiger partial charge in [0.1, 0.15) is 6.10 Å². The van der Waals surface area contributed by atoms with Crippen LogP contribution in [0.25, 0.3) is 10.9 Å². The fourth-order valence-corrected chi connectivity index (χ4v) is 2.54. The molecule has 0 amide bonds. The molecule has 100 valence electrons. The Morgan fingerprint density at radius 3 is 2.74 bits per heavy atom. The molecule has 0 N–H and O–H groups in total. The van der Waals surface area contributed by atoms with E-state index < -0.39 is 0 Å². The lowest BCUT2D eigenvalue weighted by atomic mass is 10.1. The number of piperidine rings is 1. The van der Waals surface area contributed by atoms with Gasteiger partial charge >= 0.3 is 0 Å². The maximum atomic E-state index is 6.04. The second-order valence-corrected chi connectivity index (χ2v) is 5.27. The number of para-hydroxylation sites is 1. The molecular formula is C14H16ClN3O. The Balaban J connectivity index is 1.88. The number of rotatable bonds is 2. The number of ether oxygens (including phenoxy) is 1. The Kier molecular flexibility index (Phi) is 3.53. The molecule has 19 heavy (non-hydrogen) atoms. The van der Waals surface area contributed by atoms with E-state index in [1.54, 1.807) is 0 Å². The Bertz CT molecular complexity index is 582. The number of likely N-dealkylation sites (tertiary alicyclic amines) is 1. The minimum atomic E-state index is 0.213. The molecule has 0 bridgehead atoms. The summed E-state index contributed by atoms with van der Waals surface area (Å²) in [6.45, 7) is 2.11. The maximum Gasteiger partial charge on any atom is 0.226 e. The first-order chi connectivity index (χ1) is 9.22. The number of fused-ring (bicyclic) bond motifs is 1. The molecule has 0 saturated carbocycles. The highest BCUT2D eigenvalue weighted by Gasteiger charge is 2.20. The standard InChI is InChI=1S/C14H16ClN3O/c1-18-8-6-10(7-9-18)19-13-11-4-2-3-5-12(11)16-14(15)17-13/h2-5,10H,6-9H2,1H3. The molecule has 1 aliphatic heterocycles. The topological polar surface area (TPSA) is 38.2 Å². The highest BCUT2D eigenvalue weighted by Crippen LogP contribution is 2.26. The Hall–Kier alpha value is -1.39. The maximum absolute atomic E-state index is 6.04. The van der Waals surface area contributed by atoms with Gasteiger partial charge in [-0.2, -0.15) is 4.98 Å². The van der Waals surface area contributed by atoms with Crippen molar-refractivity contribution in [2.45, 2.75) is 18.9 Å². The second kappa shape index (κ2) is 5.31. The molecule has 4 nitrogen and oxygen atoms in total. The minimum Gasteiger partial charge on any atom is -0.474 e. The van der Waals surface area contributed by atoms with Gasteiger partial charge < -0.3 is 9.64 Å². The summed E-state index contributed by atoms with van der Waals surface area (Å²) < 4.78 is 6.04. The van der Waals surface area contributed by atoms with E-state index in [1.807, 2.05) is 24.3 Å². The van der Waals surface area contributed by atoms with Gasteiger partial charge in [0, 0.05) is 13.1 Å². The molecule has 1 aliphatic rings. The van der Waals surface area contributed by atoms with Crippen LogP contribution in [0.15, 0.2) is 24.3 Å². The van der Waals surface area contributed by atoms with Crippen LogP contribution in [0.4, 0.5) is 0 Å². The van der Waals surface area contributed by atoms with Crippen LogP contribution < -0.4 is 4.74 Å². The Morgan fingerprint density at radius 1 is 1.21 bits per heavy atom. The molecule has 0 atom stereocenters. The van der Waals surface area contributed by atoms with E-state index in [1.165, 1.54) is 0 Å². The van der Waals surface area contributed by atoms with Crippen LogP contribution in [0.1, 0.15) is 12.8 Å². The number of aromatic nitrogens is 2. The van der Waals surface area contributed by atoms with Crippen molar-refractivity contribution in [3.05, 3.63) is 29.5 Å². The summed E-state index contributed by atoms with van der Waals surface area (Å²) in [6.07, 6.45) is 2.25. The van der Waals surface area contributed by atoms with Gasteiger partial charge in [0.05, 0.1) is 10.9 Å². The third-order valence-corrected chi connectivity index (χ3v) is 3.65. The van der Waals surface area contributed by atoms with Gasteiger partial charge in [0.2, 0.25) is 11.2 Å². The SMILES string of the molecule is CN1CCC(Oc2nc(Cl)nc3ccccc23)CC1. The lowest BCUT2D eigenvalue weighted by Crippen LogP contribution is -2.35. The molecular weight excluding hydrogens is 262 g/mol. The molecule has 0 spiro atoms. The first-order valence-electron chi connectivity index (χ1n) is 6.50.